The van der Waals surface area contributed by atoms with Crippen molar-refractivity contribution in [1.29, 1.82) is 0 Å². The first-order valence-electron chi connectivity index (χ1n) is 4.34. The van der Waals surface area contributed by atoms with Crippen LogP contribution in [-0.4, -0.2) is 24.3 Å². The molecule has 64 valence electrons. The van der Waals surface area contributed by atoms with E-state index >= 15 is 0 Å². The molecule has 1 saturated heterocycles. The van der Waals surface area contributed by atoms with Crippen LogP contribution in [0.1, 0.15) is 6.42 Å². The summed E-state index contributed by atoms with van der Waals surface area (Å²) in [6, 6.07) is 10.2. The minimum Gasteiger partial charge on any atom is -0.391 e. The molecule has 0 saturated carbocycles. The number of aliphatic hydroxyl groups excluding tert-OH is 1. The number of hydrogen-bond acceptors (Lipinski definition) is 2. The van der Waals surface area contributed by atoms with E-state index in [1.807, 2.05) is 18.2 Å². The van der Waals surface area contributed by atoms with Gasteiger partial charge in [0, 0.05) is 18.8 Å². The Balaban J connectivity index is 2.11. The third kappa shape index (κ3) is 1.43. The highest BCUT2D eigenvalue weighted by atomic mass is 16.3. The van der Waals surface area contributed by atoms with E-state index in [4.69, 9.17) is 0 Å². The minimum atomic E-state index is -0.134. The van der Waals surface area contributed by atoms with Crippen LogP contribution in [0.5, 0.6) is 0 Å². The Kier molecular flexibility index (Phi) is 2.00. The Morgan fingerprint density at radius 1 is 1.25 bits per heavy atom. The van der Waals surface area contributed by atoms with Gasteiger partial charge in [0.2, 0.25) is 0 Å². The van der Waals surface area contributed by atoms with Crippen molar-refractivity contribution in [2.24, 2.45) is 0 Å². The molecule has 1 aliphatic heterocycles. The summed E-state index contributed by atoms with van der Waals surface area (Å²) in [7, 11) is 0. The van der Waals surface area contributed by atoms with Crippen LogP contribution in [0.2, 0.25) is 0 Å². The second-order valence-electron chi connectivity index (χ2n) is 3.22. The zero-order chi connectivity index (χ0) is 8.39. The molecular weight excluding hydrogens is 150 g/mol. The smallest absolute Gasteiger partial charge is 0.0731 e. The van der Waals surface area contributed by atoms with E-state index in [0.29, 0.717) is 0 Å². The largest absolute Gasteiger partial charge is 0.391 e. The Bertz CT molecular complexity index is 247. The highest BCUT2D eigenvalue weighted by molar-refractivity contribution is 5.46. The van der Waals surface area contributed by atoms with Gasteiger partial charge in [-0.2, -0.15) is 0 Å². The maximum Gasteiger partial charge on any atom is 0.0731 e. The Hall–Kier alpha value is -1.02. The fraction of sp³-hybridized carbons (Fsp3) is 0.400. The first-order valence-corrected chi connectivity index (χ1v) is 4.34. The molecule has 1 aromatic rings. The van der Waals surface area contributed by atoms with Crippen molar-refractivity contribution < 1.29 is 5.11 Å². The number of anilines is 1. The summed E-state index contributed by atoms with van der Waals surface area (Å²) in [5, 5.41) is 9.32. The lowest BCUT2D eigenvalue weighted by Crippen LogP contribution is -2.20. The molecule has 0 spiro atoms. The number of benzene rings is 1. The van der Waals surface area contributed by atoms with Gasteiger partial charge < -0.3 is 10.0 Å². The molecule has 1 aromatic carbocycles. The van der Waals surface area contributed by atoms with Crippen LogP contribution in [0, 0.1) is 0 Å². The summed E-state index contributed by atoms with van der Waals surface area (Å²) in [6.45, 7) is 1.76. The molecule has 0 radical (unpaired) electrons. The van der Waals surface area contributed by atoms with E-state index in [2.05, 4.69) is 17.0 Å². The maximum atomic E-state index is 9.32. The third-order valence-electron chi connectivity index (χ3n) is 2.28. The van der Waals surface area contributed by atoms with Gasteiger partial charge in [-0.25, -0.2) is 0 Å². The van der Waals surface area contributed by atoms with Crippen LogP contribution in [0.25, 0.3) is 0 Å². The van der Waals surface area contributed by atoms with Gasteiger partial charge >= 0.3 is 0 Å². The Morgan fingerprint density at radius 3 is 2.58 bits per heavy atom. The van der Waals surface area contributed by atoms with Crippen molar-refractivity contribution in [2.45, 2.75) is 12.5 Å². The van der Waals surface area contributed by atoms with Gasteiger partial charge in [-0.1, -0.05) is 18.2 Å². The van der Waals surface area contributed by atoms with E-state index in [1.54, 1.807) is 0 Å². The molecule has 0 aromatic heterocycles. The van der Waals surface area contributed by atoms with Crippen LogP contribution >= 0.6 is 0 Å². The summed E-state index contributed by atoms with van der Waals surface area (Å²) in [4.78, 5) is 2.21. The second-order valence-corrected chi connectivity index (χ2v) is 3.22. The number of β-amino-alcohol motifs (C(OH)–C–C–N with tert-alkyl or cyclic N) is 1. The number of aliphatic hydroxyl groups is 1. The molecule has 0 bridgehead atoms. The van der Waals surface area contributed by atoms with E-state index in [9.17, 15) is 5.11 Å². The van der Waals surface area contributed by atoms with Crippen molar-refractivity contribution >= 4 is 5.69 Å². The summed E-state index contributed by atoms with van der Waals surface area (Å²) in [5.74, 6) is 0. The molecule has 0 unspecified atom stereocenters. The topological polar surface area (TPSA) is 23.5 Å². The summed E-state index contributed by atoms with van der Waals surface area (Å²) in [6.07, 6.45) is 0.764. The average molecular weight is 163 g/mol. The van der Waals surface area contributed by atoms with E-state index in [1.165, 1.54) is 5.69 Å². The van der Waals surface area contributed by atoms with Crippen molar-refractivity contribution in [3.63, 3.8) is 0 Å². The molecule has 0 amide bonds. The van der Waals surface area contributed by atoms with E-state index in [-0.39, 0.29) is 6.10 Å². The SMILES string of the molecule is O[C@@H]1CCN(c2ccccc2)C1. The van der Waals surface area contributed by atoms with Crippen molar-refractivity contribution in [1.82, 2.24) is 0 Å². The average Bonchev–Trinajstić information content (AvgIpc) is 2.54. The van der Waals surface area contributed by atoms with Gasteiger partial charge in [0.05, 0.1) is 6.10 Å². The van der Waals surface area contributed by atoms with Gasteiger partial charge in [-0.15, -0.1) is 0 Å². The molecule has 12 heavy (non-hydrogen) atoms. The molecule has 2 rings (SSSR count). The van der Waals surface area contributed by atoms with Crippen LogP contribution in [-0.2, 0) is 0 Å². The van der Waals surface area contributed by atoms with Crippen molar-refractivity contribution in [2.75, 3.05) is 18.0 Å². The first kappa shape index (κ1) is 7.62. The third-order valence-corrected chi connectivity index (χ3v) is 2.28. The van der Waals surface area contributed by atoms with Crippen LogP contribution in [0.3, 0.4) is 0 Å². The summed E-state index contributed by atoms with van der Waals surface area (Å²) >= 11 is 0. The second kappa shape index (κ2) is 3.15. The van der Waals surface area contributed by atoms with Crippen molar-refractivity contribution in [3.8, 4) is 0 Å². The van der Waals surface area contributed by atoms with Gasteiger partial charge in [0.25, 0.3) is 0 Å². The van der Waals surface area contributed by atoms with Crippen molar-refractivity contribution in [3.05, 3.63) is 30.3 Å². The predicted octanol–water partition coefficient (Wildman–Crippen LogP) is 1.26. The minimum absolute atomic E-state index is 0.134. The summed E-state index contributed by atoms with van der Waals surface area (Å²) < 4.78 is 0. The van der Waals surface area contributed by atoms with Crippen LogP contribution < -0.4 is 4.90 Å². The molecule has 1 atom stereocenters. The molecule has 0 aliphatic carbocycles. The molecule has 2 heteroatoms. The van der Waals surface area contributed by atoms with Crippen LogP contribution in [0.15, 0.2) is 30.3 Å². The molecular formula is C10H13NO. The lowest BCUT2D eigenvalue weighted by molar-refractivity contribution is 0.198. The number of hydrogen-bond donors (Lipinski definition) is 1. The Morgan fingerprint density at radius 2 is 2.00 bits per heavy atom. The van der Waals surface area contributed by atoms with Gasteiger partial charge in [-0.3, -0.25) is 0 Å². The zero-order valence-electron chi connectivity index (χ0n) is 6.98. The lowest BCUT2D eigenvalue weighted by Gasteiger charge is -2.16. The van der Waals surface area contributed by atoms with Gasteiger partial charge in [0.1, 0.15) is 0 Å². The lowest BCUT2D eigenvalue weighted by atomic mass is 10.3. The Labute approximate surface area is 72.4 Å². The van der Waals surface area contributed by atoms with Crippen LogP contribution in [0.4, 0.5) is 5.69 Å². The molecule has 1 fully saturated rings. The van der Waals surface area contributed by atoms with E-state index < -0.39 is 0 Å². The number of rotatable bonds is 1. The standard InChI is InChI=1S/C10H13NO/c12-10-6-7-11(8-10)9-4-2-1-3-5-9/h1-5,10,12H,6-8H2/t10-/m1/s1. The summed E-state index contributed by atoms with van der Waals surface area (Å²) in [5.41, 5.74) is 1.22. The highest BCUT2D eigenvalue weighted by Gasteiger charge is 2.19. The van der Waals surface area contributed by atoms with Gasteiger partial charge in [-0.05, 0) is 18.6 Å². The highest BCUT2D eigenvalue weighted by Crippen LogP contribution is 2.19. The maximum absolute atomic E-state index is 9.32. The number of nitrogens with zero attached hydrogens (tertiary/aromatic N) is 1. The fourth-order valence-electron chi connectivity index (χ4n) is 1.62. The molecule has 2 nitrogen and oxygen atoms in total. The first-order chi connectivity index (χ1) is 5.86. The molecule has 1 N–H and O–H groups in total. The van der Waals surface area contributed by atoms with Gasteiger partial charge in [0.15, 0.2) is 0 Å². The normalized spacial score (nSPS) is 23.1. The predicted molar refractivity (Wildman–Crippen MR) is 49.3 cm³/mol. The number of para-hydroxylation sites is 1. The fourth-order valence-corrected chi connectivity index (χ4v) is 1.62. The molecule has 1 heterocycles. The quantitative estimate of drug-likeness (QED) is 0.673. The van der Waals surface area contributed by atoms with E-state index in [0.717, 1.165) is 19.5 Å². The zero-order valence-corrected chi connectivity index (χ0v) is 6.98. The molecule has 1 aliphatic rings. The monoisotopic (exact) mass is 163 g/mol.